The van der Waals surface area contributed by atoms with Crippen LogP contribution in [0.2, 0.25) is 0 Å². The molecule has 2 saturated heterocycles. The molecule has 132 valence electrons. The van der Waals surface area contributed by atoms with Gasteiger partial charge in [-0.2, -0.15) is 0 Å². The fraction of sp³-hybridized carbons (Fsp3) is 0.647. The maximum atomic E-state index is 12.6. The van der Waals surface area contributed by atoms with Gasteiger partial charge in [0.05, 0.1) is 5.56 Å². The highest BCUT2D eigenvalue weighted by Crippen LogP contribution is 2.18. The lowest BCUT2D eigenvalue weighted by atomic mass is 10.0. The number of likely N-dealkylation sites (tertiary alicyclic amines) is 1. The molecule has 0 spiro atoms. The highest BCUT2D eigenvalue weighted by molar-refractivity contribution is 5.99. The molecule has 1 aromatic rings. The van der Waals surface area contributed by atoms with Gasteiger partial charge < -0.3 is 20.1 Å². The maximum Gasteiger partial charge on any atom is 0.270 e. The summed E-state index contributed by atoms with van der Waals surface area (Å²) in [5.41, 5.74) is 0.979. The van der Waals surface area contributed by atoms with Crippen LogP contribution in [0.4, 0.5) is 0 Å². The molecular formula is C17H27N5O2. The van der Waals surface area contributed by atoms with E-state index >= 15 is 0 Å². The maximum absolute atomic E-state index is 12.6. The van der Waals surface area contributed by atoms with Crippen molar-refractivity contribution in [1.29, 1.82) is 0 Å². The van der Waals surface area contributed by atoms with Crippen LogP contribution in [0.5, 0.6) is 0 Å². The summed E-state index contributed by atoms with van der Waals surface area (Å²) in [6.45, 7) is 5.69. The Kier molecular flexibility index (Phi) is 5.20. The number of H-pyrrole nitrogens is 1. The molecule has 1 aromatic heterocycles. The molecule has 0 unspecified atom stereocenters. The fourth-order valence-electron chi connectivity index (χ4n) is 3.61. The third kappa shape index (κ3) is 3.62. The molecule has 0 bridgehead atoms. The quantitative estimate of drug-likeness (QED) is 0.830. The second-order valence-electron chi connectivity index (χ2n) is 6.74. The molecule has 3 rings (SSSR count). The number of piperazine rings is 1. The molecular weight excluding hydrogens is 306 g/mol. The number of carbonyl (C=O) groups excluding carboxylic acids is 2. The van der Waals surface area contributed by atoms with Crippen molar-refractivity contribution in [3.05, 3.63) is 23.5 Å². The Balaban J connectivity index is 1.53. The van der Waals surface area contributed by atoms with E-state index in [2.05, 4.69) is 27.1 Å². The predicted octanol–water partition coefficient (Wildman–Crippen LogP) is 0.226. The smallest absolute Gasteiger partial charge is 0.270 e. The van der Waals surface area contributed by atoms with Gasteiger partial charge in [-0.25, -0.2) is 0 Å². The first-order valence-corrected chi connectivity index (χ1v) is 8.71. The summed E-state index contributed by atoms with van der Waals surface area (Å²) in [7, 11) is 3.76. The lowest BCUT2D eigenvalue weighted by molar-refractivity contribution is 0.0471. The molecule has 7 heteroatoms. The van der Waals surface area contributed by atoms with E-state index < -0.39 is 0 Å². The van der Waals surface area contributed by atoms with Crippen LogP contribution in [0.15, 0.2) is 12.3 Å². The molecule has 2 fully saturated rings. The Hall–Kier alpha value is -1.86. The van der Waals surface area contributed by atoms with Crippen molar-refractivity contribution < 1.29 is 9.59 Å². The van der Waals surface area contributed by atoms with Gasteiger partial charge in [0.2, 0.25) is 0 Å². The summed E-state index contributed by atoms with van der Waals surface area (Å²) >= 11 is 0. The van der Waals surface area contributed by atoms with Crippen LogP contribution in [0.3, 0.4) is 0 Å². The molecule has 2 aliphatic rings. The van der Waals surface area contributed by atoms with Gasteiger partial charge in [0, 0.05) is 45.5 Å². The number of piperidine rings is 1. The first-order chi connectivity index (χ1) is 11.6. The number of carbonyl (C=O) groups is 2. The first kappa shape index (κ1) is 17.0. The van der Waals surface area contributed by atoms with Crippen LogP contribution in [-0.4, -0.2) is 90.9 Å². The lowest BCUT2D eigenvalue weighted by Crippen LogP contribution is -2.54. The number of rotatable bonds is 3. The van der Waals surface area contributed by atoms with Gasteiger partial charge in [0.25, 0.3) is 11.8 Å². The van der Waals surface area contributed by atoms with E-state index in [1.807, 2.05) is 4.90 Å². The Morgan fingerprint density at radius 3 is 2.42 bits per heavy atom. The first-order valence-electron chi connectivity index (χ1n) is 8.71. The standard InChI is InChI=1S/C17H27N5O2/c1-18-16(23)13-11-15(19-12-13)17(24)22-9-7-21(8-10-22)14-3-5-20(2)6-4-14/h11-12,14,19H,3-10H2,1-2H3,(H,18,23). The predicted molar refractivity (Wildman–Crippen MR) is 92.2 cm³/mol. The van der Waals surface area contributed by atoms with Gasteiger partial charge in [-0.3, -0.25) is 14.5 Å². The molecule has 0 atom stereocenters. The summed E-state index contributed by atoms with van der Waals surface area (Å²) in [5.74, 6) is -0.203. The van der Waals surface area contributed by atoms with Crippen LogP contribution >= 0.6 is 0 Å². The largest absolute Gasteiger partial charge is 0.356 e. The van der Waals surface area contributed by atoms with Crippen LogP contribution < -0.4 is 5.32 Å². The van der Waals surface area contributed by atoms with E-state index in [-0.39, 0.29) is 11.8 Å². The van der Waals surface area contributed by atoms with Gasteiger partial charge in [0.1, 0.15) is 5.69 Å². The van der Waals surface area contributed by atoms with Crippen LogP contribution in [0.25, 0.3) is 0 Å². The molecule has 0 aromatic carbocycles. The Morgan fingerprint density at radius 1 is 1.12 bits per heavy atom. The second kappa shape index (κ2) is 7.36. The molecule has 7 nitrogen and oxygen atoms in total. The SMILES string of the molecule is CNC(=O)c1c[nH]c(C(=O)N2CCN(C3CCN(C)CC3)CC2)c1. The Labute approximate surface area is 143 Å². The molecule has 0 aliphatic carbocycles. The number of amides is 2. The van der Waals surface area contributed by atoms with Crippen molar-refractivity contribution in [2.24, 2.45) is 0 Å². The second-order valence-corrected chi connectivity index (χ2v) is 6.74. The zero-order valence-corrected chi connectivity index (χ0v) is 14.5. The van der Waals surface area contributed by atoms with Crippen LogP contribution in [0, 0.1) is 0 Å². The lowest BCUT2D eigenvalue weighted by Gasteiger charge is -2.42. The van der Waals surface area contributed by atoms with E-state index in [4.69, 9.17) is 0 Å². The van der Waals surface area contributed by atoms with Gasteiger partial charge in [-0.05, 0) is 39.0 Å². The highest BCUT2D eigenvalue weighted by Gasteiger charge is 2.29. The van der Waals surface area contributed by atoms with Gasteiger partial charge in [-0.1, -0.05) is 0 Å². The summed E-state index contributed by atoms with van der Waals surface area (Å²) in [5, 5.41) is 2.56. The number of nitrogens with one attached hydrogen (secondary N) is 2. The van der Waals surface area contributed by atoms with Gasteiger partial charge in [-0.15, -0.1) is 0 Å². The van der Waals surface area contributed by atoms with E-state index in [0.717, 1.165) is 39.3 Å². The monoisotopic (exact) mass is 333 g/mol. The van der Waals surface area contributed by atoms with Crippen molar-refractivity contribution in [2.45, 2.75) is 18.9 Å². The average Bonchev–Trinajstić information content (AvgIpc) is 3.11. The van der Waals surface area contributed by atoms with Crippen molar-refractivity contribution in [3.63, 3.8) is 0 Å². The summed E-state index contributed by atoms with van der Waals surface area (Å²) < 4.78 is 0. The summed E-state index contributed by atoms with van der Waals surface area (Å²) in [4.78, 5) is 33.9. The molecule has 2 N–H and O–H groups in total. The number of aromatic nitrogens is 1. The molecule has 3 heterocycles. The molecule has 0 radical (unpaired) electrons. The van der Waals surface area contributed by atoms with Crippen LogP contribution in [-0.2, 0) is 0 Å². The van der Waals surface area contributed by atoms with Gasteiger partial charge in [0.15, 0.2) is 0 Å². The zero-order chi connectivity index (χ0) is 17.1. The third-order valence-electron chi connectivity index (χ3n) is 5.21. The van der Waals surface area contributed by atoms with Crippen molar-refractivity contribution in [1.82, 2.24) is 25.0 Å². The Morgan fingerprint density at radius 2 is 1.79 bits per heavy atom. The summed E-state index contributed by atoms with van der Waals surface area (Å²) in [6, 6.07) is 2.29. The average molecular weight is 333 g/mol. The molecule has 2 aliphatic heterocycles. The number of aromatic amines is 1. The van der Waals surface area contributed by atoms with E-state index in [1.54, 1.807) is 19.3 Å². The zero-order valence-electron chi connectivity index (χ0n) is 14.5. The van der Waals surface area contributed by atoms with E-state index in [9.17, 15) is 9.59 Å². The number of hydrogen-bond acceptors (Lipinski definition) is 4. The van der Waals surface area contributed by atoms with Crippen LogP contribution in [0.1, 0.15) is 33.7 Å². The normalized spacial score (nSPS) is 21.0. The molecule has 0 saturated carbocycles. The minimum atomic E-state index is -0.183. The fourth-order valence-corrected chi connectivity index (χ4v) is 3.61. The third-order valence-corrected chi connectivity index (χ3v) is 5.21. The number of hydrogen-bond donors (Lipinski definition) is 2. The van der Waals surface area contributed by atoms with Crippen molar-refractivity contribution in [3.8, 4) is 0 Å². The molecule has 24 heavy (non-hydrogen) atoms. The number of nitrogens with zero attached hydrogens (tertiary/aromatic N) is 3. The highest BCUT2D eigenvalue weighted by atomic mass is 16.2. The minimum Gasteiger partial charge on any atom is -0.356 e. The van der Waals surface area contributed by atoms with E-state index in [1.165, 1.54) is 12.8 Å². The minimum absolute atomic E-state index is 0.0202. The topological polar surface area (TPSA) is 71.7 Å². The van der Waals surface area contributed by atoms with Gasteiger partial charge >= 0.3 is 0 Å². The van der Waals surface area contributed by atoms with E-state index in [0.29, 0.717) is 17.3 Å². The van der Waals surface area contributed by atoms with Crippen molar-refractivity contribution >= 4 is 11.8 Å². The Bertz CT molecular complexity index is 584. The summed E-state index contributed by atoms with van der Waals surface area (Å²) in [6.07, 6.45) is 4.02. The van der Waals surface area contributed by atoms with Crippen molar-refractivity contribution in [2.75, 3.05) is 53.4 Å². The molecule has 2 amide bonds.